The lowest BCUT2D eigenvalue weighted by atomic mass is 9.96. The molecule has 0 atom stereocenters. The quantitative estimate of drug-likeness (QED) is 0.451. The molecule has 33 heavy (non-hydrogen) atoms. The van der Waals surface area contributed by atoms with E-state index in [0.29, 0.717) is 23.2 Å². The van der Waals surface area contributed by atoms with Gasteiger partial charge in [0.25, 0.3) is 5.56 Å². The molecule has 6 rings (SSSR count). The van der Waals surface area contributed by atoms with Crippen LogP contribution in [0, 0.1) is 0 Å². The third-order valence-corrected chi connectivity index (χ3v) is 8.84. The monoisotopic (exact) mass is 479 g/mol. The van der Waals surface area contributed by atoms with Crippen LogP contribution >= 0.6 is 23.1 Å². The number of nitrogens with zero attached hydrogens (tertiary/aromatic N) is 3. The Labute approximate surface area is 199 Å². The minimum absolute atomic E-state index is 0.0333. The molecule has 0 spiro atoms. The van der Waals surface area contributed by atoms with Gasteiger partial charge in [-0.25, -0.2) is 9.97 Å². The van der Waals surface area contributed by atoms with Gasteiger partial charge in [0.15, 0.2) is 0 Å². The number of para-hydroxylation sites is 2. The summed E-state index contributed by atoms with van der Waals surface area (Å²) in [6.07, 6.45) is 5.01. The number of benzene rings is 1. The summed E-state index contributed by atoms with van der Waals surface area (Å²) < 4.78 is 0. The van der Waals surface area contributed by atoms with E-state index in [4.69, 9.17) is 4.98 Å². The number of thioether (sulfide) groups is 1. The van der Waals surface area contributed by atoms with Gasteiger partial charge in [0.05, 0.1) is 27.9 Å². The first-order valence-electron chi connectivity index (χ1n) is 11.5. The van der Waals surface area contributed by atoms with E-state index in [1.807, 2.05) is 29.2 Å². The Hall–Kier alpha value is -2.65. The van der Waals surface area contributed by atoms with E-state index >= 15 is 0 Å². The molecule has 1 aliphatic heterocycles. The summed E-state index contributed by atoms with van der Waals surface area (Å²) in [5.41, 5.74) is 3.23. The Kier molecular flexibility index (Phi) is 5.46. The number of amides is 1. The van der Waals surface area contributed by atoms with Crippen molar-refractivity contribution in [3.05, 3.63) is 56.7 Å². The van der Waals surface area contributed by atoms with Crippen molar-refractivity contribution in [3.63, 3.8) is 0 Å². The maximum atomic E-state index is 12.7. The van der Waals surface area contributed by atoms with Crippen molar-refractivity contribution < 1.29 is 4.79 Å². The highest BCUT2D eigenvalue weighted by atomic mass is 32.2. The molecule has 4 aromatic rings. The van der Waals surface area contributed by atoms with E-state index in [1.54, 1.807) is 11.3 Å². The third-order valence-electron chi connectivity index (χ3n) is 6.73. The number of thiophene rings is 1. The molecule has 3 aromatic heterocycles. The Morgan fingerprint density at radius 2 is 2.00 bits per heavy atom. The molecule has 1 saturated heterocycles. The number of carbonyl (C=O) groups excluding carboxylic acids is 1. The van der Waals surface area contributed by atoms with Gasteiger partial charge in [-0.3, -0.25) is 9.59 Å². The van der Waals surface area contributed by atoms with Gasteiger partial charge in [0.2, 0.25) is 5.91 Å². The van der Waals surface area contributed by atoms with Gasteiger partial charge < -0.3 is 14.9 Å². The van der Waals surface area contributed by atoms with Crippen LogP contribution in [-0.2, 0) is 23.4 Å². The number of rotatable bonds is 5. The number of fused-ring (bicyclic) bond motifs is 4. The third kappa shape index (κ3) is 3.97. The lowest BCUT2D eigenvalue weighted by molar-refractivity contribution is -0.129. The second-order valence-electron chi connectivity index (χ2n) is 8.84. The summed E-state index contributed by atoms with van der Waals surface area (Å²) in [6, 6.07) is 8.09. The number of imidazole rings is 1. The summed E-state index contributed by atoms with van der Waals surface area (Å²) in [7, 11) is 0. The van der Waals surface area contributed by atoms with Crippen LogP contribution in [0.25, 0.3) is 21.3 Å². The molecule has 0 bridgehead atoms. The average Bonchev–Trinajstić information content (AvgIpc) is 3.53. The van der Waals surface area contributed by atoms with Crippen LogP contribution in [0.4, 0.5) is 0 Å². The van der Waals surface area contributed by atoms with E-state index in [0.717, 1.165) is 72.3 Å². The minimum atomic E-state index is -0.0333. The van der Waals surface area contributed by atoms with Gasteiger partial charge >= 0.3 is 0 Å². The number of aryl methyl sites for hydroxylation is 2. The van der Waals surface area contributed by atoms with Crippen molar-refractivity contribution in [1.82, 2.24) is 24.8 Å². The maximum absolute atomic E-state index is 12.7. The van der Waals surface area contributed by atoms with Crippen LogP contribution in [0.3, 0.4) is 0 Å². The molecular formula is C24H25N5O2S2. The zero-order valence-electron chi connectivity index (χ0n) is 18.2. The fraction of sp³-hybridized carbons (Fsp3) is 0.417. The topological polar surface area (TPSA) is 94.7 Å². The molecule has 9 heteroatoms. The van der Waals surface area contributed by atoms with E-state index in [2.05, 4.69) is 15.0 Å². The van der Waals surface area contributed by atoms with E-state index in [9.17, 15) is 9.59 Å². The summed E-state index contributed by atoms with van der Waals surface area (Å²) in [5.74, 6) is 3.15. The summed E-state index contributed by atoms with van der Waals surface area (Å²) in [4.78, 5) is 45.2. The molecule has 2 N–H and O–H groups in total. The maximum Gasteiger partial charge on any atom is 0.259 e. The zero-order valence-corrected chi connectivity index (χ0v) is 19.9. The Balaban J connectivity index is 1.03. The molecule has 1 fully saturated rings. The van der Waals surface area contributed by atoms with Gasteiger partial charge in [0, 0.05) is 23.9 Å². The van der Waals surface area contributed by atoms with Crippen molar-refractivity contribution in [2.75, 3.05) is 18.8 Å². The first-order chi connectivity index (χ1) is 16.2. The predicted molar refractivity (Wildman–Crippen MR) is 133 cm³/mol. The van der Waals surface area contributed by atoms with Crippen LogP contribution in [0.15, 0.2) is 29.1 Å². The number of aromatic nitrogens is 4. The van der Waals surface area contributed by atoms with Crippen LogP contribution in [0.2, 0.25) is 0 Å². The number of likely N-dealkylation sites (tertiary alicyclic amines) is 1. The largest absolute Gasteiger partial charge is 0.342 e. The summed E-state index contributed by atoms with van der Waals surface area (Å²) in [5, 5.41) is 0.782. The van der Waals surface area contributed by atoms with E-state index in [1.165, 1.54) is 22.2 Å². The molecule has 170 valence electrons. The van der Waals surface area contributed by atoms with Crippen LogP contribution in [0.5, 0.6) is 0 Å². The van der Waals surface area contributed by atoms with Gasteiger partial charge in [-0.05, 0) is 49.8 Å². The van der Waals surface area contributed by atoms with Gasteiger partial charge in [-0.15, -0.1) is 23.1 Å². The number of H-pyrrole nitrogens is 2. The fourth-order valence-electron chi connectivity index (χ4n) is 5.01. The second kappa shape index (κ2) is 8.61. The van der Waals surface area contributed by atoms with Crippen molar-refractivity contribution >= 4 is 50.3 Å². The second-order valence-corrected chi connectivity index (χ2v) is 10.9. The normalized spacial score (nSPS) is 16.7. The van der Waals surface area contributed by atoms with Crippen molar-refractivity contribution in [3.8, 4) is 0 Å². The van der Waals surface area contributed by atoms with Crippen molar-refractivity contribution in [1.29, 1.82) is 0 Å². The highest BCUT2D eigenvalue weighted by Gasteiger charge is 2.26. The molecule has 7 nitrogen and oxygen atoms in total. The molecule has 4 heterocycles. The number of hydrogen-bond donors (Lipinski definition) is 2. The fourth-order valence-corrected chi connectivity index (χ4v) is 7.08. The van der Waals surface area contributed by atoms with Crippen LogP contribution < -0.4 is 5.56 Å². The van der Waals surface area contributed by atoms with Gasteiger partial charge in [0.1, 0.15) is 16.5 Å². The Morgan fingerprint density at radius 3 is 2.85 bits per heavy atom. The number of nitrogens with one attached hydrogen (secondary N) is 2. The van der Waals surface area contributed by atoms with E-state index < -0.39 is 0 Å². The van der Waals surface area contributed by atoms with E-state index in [-0.39, 0.29) is 11.5 Å². The first-order valence-corrected chi connectivity index (χ1v) is 13.5. The Bertz CT molecular complexity index is 1360. The highest BCUT2D eigenvalue weighted by Crippen LogP contribution is 2.34. The molecule has 0 saturated carbocycles. The standard InChI is InChI=1S/C24H25N5O2S2/c30-20(29-10-8-14(9-11-29)22-25-16-5-1-2-6-17(16)26-22)13-32-12-19-27-23(31)21-15-4-3-7-18(15)33-24(21)28-19/h1-2,5-6,14H,3-4,7-13H2,(H,25,26)(H,27,28,31). The molecule has 0 radical (unpaired) electrons. The van der Waals surface area contributed by atoms with Crippen LogP contribution in [0.1, 0.15) is 47.3 Å². The zero-order chi connectivity index (χ0) is 22.4. The lowest BCUT2D eigenvalue weighted by Gasteiger charge is -2.31. The highest BCUT2D eigenvalue weighted by molar-refractivity contribution is 7.99. The molecule has 1 aromatic carbocycles. The minimum Gasteiger partial charge on any atom is -0.342 e. The molecule has 1 aliphatic carbocycles. The smallest absolute Gasteiger partial charge is 0.259 e. The van der Waals surface area contributed by atoms with Crippen LogP contribution in [-0.4, -0.2) is 49.6 Å². The Morgan fingerprint density at radius 1 is 1.15 bits per heavy atom. The molecule has 0 unspecified atom stereocenters. The number of carbonyl (C=O) groups is 1. The van der Waals surface area contributed by atoms with Gasteiger partial charge in [-0.1, -0.05) is 12.1 Å². The number of piperidine rings is 1. The predicted octanol–water partition coefficient (Wildman–Crippen LogP) is 3.99. The van der Waals surface area contributed by atoms with Gasteiger partial charge in [-0.2, -0.15) is 0 Å². The lowest BCUT2D eigenvalue weighted by Crippen LogP contribution is -2.39. The number of aromatic amines is 2. The molecule has 1 amide bonds. The molecular weight excluding hydrogens is 454 g/mol. The summed E-state index contributed by atoms with van der Waals surface area (Å²) in [6.45, 7) is 1.51. The summed E-state index contributed by atoms with van der Waals surface area (Å²) >= 11 is 3.17. The van der Waals surface area contributed by atoms with Crippen molar-refractivity contribution in [2.45, 2.75) is 43.8 Å². The number of hydrogen-bond acceptors (Lipinski definition) is 6. The molecule has 2 aliphatic rings. The SMILES string of the molecule is O=C(CSCc1nc2sc3c(c2c(=O)[nH]1)CCC3)N1CCC(c2nc3ccccc3[nH]2)CC1. The first kappa shape index (κ1) is 20.9. The van der Waals surface area contributed by atoms with Crippen molar-refractivity contribution in [2.24, 2.45) is 0 Å². The average molecular weight is 480 g/mol.